The van der Waals surface area contributed by atoms with E-state index in [0.717, 1.165) is 16.9 Å². The van der Waals surface area contributed by atoms with Crippen LogP contribution in [0.3, 0.4) is 0 Å². The van der Waals surface area contributed by atoms with Crippen molar-refractivity contribution in [3.05, 3.63) is 65.7 Å². The Bertz CT molecular complexity index is 561. The topological polar surface area (TPSA) is 39.7 Å². The van der Waals surface area contributed by atoms with Crippen LogP contribution in [0.1, 0.15) is 17.2 Å². The van der Waals surface area contributed by atoms with Crippen LogP contribution in [0.15, 0.2) is 54.6 Å². The second-order valence-electron chi connectivity index (χ2n) is 4.74. The molecule has 0 fully saturated rings. The average Bonchev–Trinajstić information content (AvgIpc) is 2.58. The zero-order valence-corrected chi connectivity index (χ0v) is 13.4. The minimum absolute atomic E-state index is 0.105. The van der Waals surface area contributed by atoms with Crippen LogP contribution in [0, 0.1) is 0 Å². The van der Waals surface area contributed by atoms with Crippen molar-refractivity contribution in [3.8, 4) is 5.75 Å². The number of rotatable bonds is 8. The molecule has 1 atom stereocenters. The van der Waals surface area contributed by atoms with E-state index in [1.54, 1.807) is 14.2 Å². The summed E-state index contributed by atoms with van der Waals surface area (Å²) < 4.78 is 15.9. The minimum Gasteiger partial charge on any atom is -0.488 e. The Kier molecular flexibility index (Phi) is 6.68. The molecular weight excluding hydrogens is 302 g/mol. The Morgan fingerprint density at radius 3 is 2.27 bits per heavy atom. The first-order chi connectivity index (χ1) is 10.8. The molecule has 0 aromatic heterocycles. The summed E-state index contributed by atoms with van der Waals surface area (Å²) in [7, 11) is 3.16. The molecule has 0 aliphatic carbocycles. The summed E-state index contributed by atoms with van der Waals surface area (Å²) in [5.41, 5.74) is 2.10. The Morgan fingerprint density at radius 2 is 1.64 bits per heavy atom. The highest BCUT2D eigenvalue weighted by Gasteiger charge is 2.13. The molecule has 1 unspecified atom stereocenters. The summed E-state index contributed by atoms with van der Waals surface area (Å²) in [6.45, 7) is 0.320. The van der Waals surface area contributed by atoms with Gasteiger partial charge in [0.05, 0.1) is 6.04 Å². The third-order valence-electron chi connectivity index (χ3n) is 3.35. The third-order valence-corrected chi connectivity index (χ3v) is 3.56. The van der Waals surface area contributed by atoms with Crippen LogP contribution >= 0.6 is 11.8 Å². The fourth-order valence-electron chi connectivity index (χ4n) is 2.14. The highest BCUT2D eigenvalue weighted by Crippen LogP contribution is 2.25. The molecule has 2 rings (SSSR count). The van der Waals surface area contributed by atoms with E-state index in [1.165, 1.54) is 0 Å². The molecule has 0 saturated carbocycles. The molecule has 2 aromatic carbocycles. The Balaban J connectivity index is 2.13. The number of nitrogens with one attached hydrogen (secondary N) is 1. The van der Waals surface area contributed by atoms with E-state index in [2.05, 4.69) is 4.84 Å². The van der Waals surface area contributed by atoms with Crippen LogP contribution < -0.4 is 9.57 Å². The van der Waals surface area contributed by atoms with Crippen molar-refractivity contribution in [2.45, 2.75) is 12.3 Å². The highest BCUT2D eigenvalue weighted by atomic mass is 35.5. The fraction of sp³-hybridized carbons (Fsp3) is 0.294. The van der Waals surface area contributed by atoms with Crippen molar-refractivity contribution in [2.24, 2.45) is 0 Å². The summed E-state index contributed by atoms with van der Waals surface area (Å²) in [5.74, 6) is 0.740. The summed E-state index contributed by atoms with van der Waals surface area (Å²) in [4.78, 5) is 2.82. The van der Waals surface area contributed by atoms with Crippen LogP contribution in [-0.2, 0) is 9.47 Å². The second-order valence-corrected chi connectivity index (χ2v) is 4.96. The zero-order valence-electron chi connectivity index (χ0n) is 12.7. The van der Waals surface area contributed by atoms with Gasteiger partial charge in [-0.2, -0.15) is 0 Å². The maximum Gasteiger partial charge on any atom is 0.191 e. The molecule has 1 N–H and O–H groups in total. The maximum atomic E-state index is 5.93. The second kappa shape index (κ2) is 8.76. The van der Waals surface area contributed by atoms with Gasteiger partial charge in [0.1, 0.15) is 12.4 Å². The van der Waals surface area contributed by atoms with Gasteiger partial charge in [-0.25, -0.2) is 4.84 Å². The lowest BCUT2D eigenvalue weighted by Crippen LogP contribution is -2.22. The van der Waals surface area contributed by atoms with Gasteiger partial charge in [-0.05, 0) is 35.0 Å². The molecule has 0 aliphatic rings. The van der Waals surface area contributed by atoms with E-state index in [1.807, 2.05) is 54.6 Å². The van der Waals surface area contributed by atoms with Gasteiger partial charge in [-0.1, -0.05) is 42.5 Å². The van der Waals surface area contributed by atoms with Gasteiger partial charge in [0.25, 0.3) is 0 Å². The molecular formula is C17H20ClNO3. The van der Waals surface area contributed by atoms with Crippen LogP contribution in [0.2, 0.25) is 0 Å². The first kappa shape index (κ1) is 16.8. The predicted octanol–water partition coefficient (Wildman–Crippen LogP) is 3.52. The highest BCUT2D eigenvalue weighted by molar-refractivity contribution is 6.13. The molecule has 4 nitrogen and oxygen atoms in total. The number of ether oxygens (including phenoxy) is 3. The molecule has 0 radical (unpaired) electrons. The molecule has 0 aliphatic heterocycles. The van der Waals surface area contributed by atoms with Gasteiger partial charge in [-0.15, -0.1) is 0 Å². The quantitative estimate of drug-likeness (QED) is 0.596. The van der Waals surface area contributed by atoms with Crippen LogP contribution in [0.4, 0.5) is 0 Å². The van der Waals surface area contributed by atoms with Crippen molar-refractivity contribution in [1.29, 1.82) is 0 Å². The lowest BCUT2D eigenvalue weighted by Gasteiger charge is -2.18. The lowest BCUT2D eigenvalue weighted by atomic mass is 9.99. The first-order valence-corrected chi connectivity index (χ1v) is 7.35. The summed E-state index contributed by atoms with van der Waals surface area (Å²) in [6.07, 6.45) is -0.389. The molecule has 5 heteroatoms. The number of hydrogen-bond donors (Lipinski definition) is 1. The Hall–Kier alpha value is -1.59. The molecule has 0 heterocycles. The van der Waals surface area contributed by atoms with Crippen LogP contribution in [0.25, 0.3) is 0 Å². The number of hydrogen-bond acceptors (Lipinski definition) is 4. The molecule has 2 aromatic rings. The predicted molar refractivity (Wildman–Crippen MR) is 87.0 cm³/mol. The van der Waals surface area contributed by atoms with Crippen LogP contribution in [-0.4, -0.2) is 27.1 Å². The molecule has 22 heavy (non-hydrogen) atoms. The normalized spacial score (nSPS) is 12.4. The number of halogens is 1. The maximum absolute atomic E-state index is 5.93. The molecule has 0 saturated heterocycles. The van der Waals surface area contributed by atoms with E-state index in [4.69, 9.17) is 26.0 Å². The monoisotopic (exact) mass is 321 g/mol. The standard InChI is InChI=1S/C17H20ClNO3/c1-20-16(21-2)12-22-15-10-6-9-14(11-15)17(19-18)13-7-4-3-5-8-13/h3-11,16-17,19H,12H2,1-2H3. The van der Waals surface area contributed by atoms with Crippen molar-refractivity contribution in [3.63, 3.8) is 0 Å². The average molecular weight is 322 g/mol. The lowest BCUT2D eigenvalue weighted by molar-refractivity contribution is -0.121. The molecule has 118 valence electrons. The van der Waals surface area contributed by atoms with Gasteiger partial charge >= 0.3 is 0 Å². The summed E-state index contributed by atoms with van der Waals surface area (Å²) >= 11 is 5.93. The van der Waals surface area contributed by atoms with Gasteiger partial charge in [0.15, 0.2) is 6.29 Å². The van der Waals surface area contributed by atoms with E-state index in [9.17, 15) is 0 Å². The summed E-state index contributed by atoms with van der Waals surface area (Å²) in [5, 5.41) is 0. The summed E-state index contributed by atoms with van der Waals surface area (Å²) in [6, 6.07) is 17.7. The van der Waals surface area contributed by atoms with E-state index < -0.39 is 0 Å². The van der Waals surface area contributed by atoms with Crippen molar-refractivity contribution < 1.29 is 14.2 Å². The van der Waals surface area contributed by atoms with Gasteiger partial charge < -0.3 is 14.2 Å². The van der Waals surface area contributed by atoms with E-state index >= 15 is 0 Å². The molecule has 0 spiro atoms. The molecule has 0 amide bonds. The fourth-order valence-corrected chi connectivity index (χ4v) is 2.40. The van der Waals surface area contributed by atoms with Gasteiger partial charge in [-0.3, -0.25) is 0 Å². The van der Waals surface area contributed by atoms with Gasteiger partial charge in [0, 0.05) is 14.2 Å². The number of benzene rings is 2. The zero-order chi connectivity index (χ0) is 15.8. The third kappa shape index (κ3) is 4.45. The largest absolute Gasteiger partial charge is 0.488 e. The van der Waals surface area contributed by atoms with Crippen LogP contribution in [0.5, 0.6) is 5.75 Å². The Labute approximate surface area is 136 Å². The smallest absolute Gasteiger partial charge is 0.191 e. The SMILES string of the molecule is COC(COc1cccc(C(NCl)c2ccccc2)c1)OC. The number of methoxy groups -OCH3 is 2. The van der Waals surface area contributed by atoms with Crippen molar-refractivity contribution in [2.75, 3.05) is 20.8 Å². The Morgan fingerprint density at radius 1 is 0.955 bits per heavy atom. The van der Waals surface area contributed by atoms with Crippen molar-refractivity contribution >= 4 is 11.8 Å². The molecule has 0 bridgehead atoms. The first-order valence-electron chi connectivity index (χ1n) is 6.98. The van der Waals surface area contributed by atoms with E-state index in [-0.39, 0.29) is 12.3 Å². The van der Waals surface area contributed by atoms with Crippen molar-refractivity contribution in [1.82, 2.24) is 4.84 Å². The van der Waals surface area contributed by atoms with Gasteiger partial charge in [0.2, 0.25) is 0 Å². The minimum atomic E-state index is -0.389. The van der Waals surface area contributed by atoms with E-state index in [0.29, 0.717) is 6.61 Å².